The monoisotopic (exact) mass is 284 g/mol. The molecule has 2 N–H and O–H groups in total. The second-order valence-electron chi connectivity index (χ2n) is 5.43. The average Bonchev–Trinajstić information content (AvgIpc) is 2.54. The average molecular weight is 284 g/mol. The molecule has 21 heavy (non-hydrogen) atoms. The van der Waals surface area contributed by atoms with Crippen molar-refractivity contribution < 1.29 is 0 Å². The molecule has 2 rings (SSSR count). The van der Waals surface area contributed by atoms with Crippen LogP contribution in [0.25, 0.3) is 0 Å². The lowest BCUT2D eigenvalue weighted by molar-refractivity contribution is 0.425. The number of aromatic nitrogens is 2. The fourth-order valence-corrected chi connectivity index (χ4v) is 2.29. The van der Waals surface area contributed by atoms with E-state index in [-0.39, 0.29) is 12.1 Å². The Labute approximate surface area is 127 Å². The summed E-state index contributed by atoms with van der Waals surface area (Å²) >= 11 is 0. The molecule has 0 unspecified atom stereocenters. The molecule has 0 spiro atoms. The number of hydrogen-bond donors (Lipinski definition) is 2. The highest BCUT2D eigenvalue weighted by Gasteiger charge is 2.12. The Hall–Kier alpha value is -1.78. The van der Waals surface area contributed by atoms with Gasteiger partial charge in [0, 0.05) is 37.1 Å². The minimum absolute atomic E-state index is 0.244. The first-order valence-electron chi connectivity index (χ1n) is 7.48. The van der Waals surface area contributed by atoms with E-state index >= 15 is 0 Å². The Morgan fingerprint density at radius 3 is 1.95 bits per heavy atom. The summed E-state index contributed by atoms with van der Waals surface area (Å²) in [6, 6.07) is 12.9. The molecule has 2 heterocycles. The summed E-state index contributed by atoms with van der Waals surface area (Å²) in [5, 5.41) is 7.07. The van der Waals surface area contributed by atoms with Gasteiger partial charge >= 0.3 is 0 Å². The van der Waals surface area contributed by atoms with Gasteiger partial charge in [-0.1, -0.05) is 12.1 Å². The van der Waals surface area contributed by atoms with Crippen LogP contribution >= 0.6 is 0 Å². The van der Waals surface area contributed by atoms with Gasteiger partial charge in [0.25, 0.3) is 0 Å². The van der Waals surface area contributed by atoms with Gasteiger partial charge in [0.2, 0.25) is 0 Å². The number of rotatable bonds is 7. The highest BCUT2D eigenvalue weighted by molar-refractivity contribution is 5.09. The van der Waals surface area contributed by atoms with Gasteiger partial charge in [0.15, 0.2) is 0 Å². The normalized spacial score (nSPS) is 15.4. The van der Waals surface area contributed by atoms with Gasteiger partial charge in [-0.2, -0.15) is 0 Å². The smallest absolute Gasteiger partial charge is 0.0570 e. The highest BCUT2D eigenvalue weighted by atomic mass is 15.0. The molecule has 0 fully saturated rings. The van der Waals surface area contributed by atoms with E-state index in [1.165, 1.54) is 0 Å². The number of nitrogens with one attached hydrogen (secondary N) is 2. The van der Waals surface area contributed by atoms with Gasteiger partial charge < -0.3 is 10.6 Å². The van der Waals surface area contributed by atoms with Crippen LogP contribution in [0.15, 0.2) is 48.8 Å². The predicted octanol–water partition coefficient (Wildman–Crippen LogP) is 2.87. The van der Waals surface area contributed by atoms with Gasteiger partial charge in [0.1, 0.15) is 0 Å². The van der Waals surface area contributed by atoms with Crippen LogP contribution in [0.1, 0.15) is 44.2 Å². The van der Waals surface area contributed by atoms with Crippen molar-refractivity contribution in [1.82, 2.24) is 20.6 Å². The van der Waals surface area contributed by atoms with E-state index < -0.39 is 0 Å². The second-order valence-corrected chi connectivity index (χ2v) is 5.43. The van der Waals surface area contributed by atoms with Crippen molar-refractivity contribution in [2.24, 2.45) is 0 Å². The number of hydrogen-bond acceptors (Lipinski definition) is 4. The standard InChI is InChI=1S/C17H24N4/c1-13(21-15(3)17-9-5-7-11-19-17)12-20-14(2)16-8-4-6-10-18-16/h4-11,13-15,20-21H,12H2,1-3H3/t13-,14+,15+/m1/s1. The van der Waals surface area contributed by atoms with Crippen molar-refractivity contribution in [1.29, 1.82) is 0 Å². The third kappa shape index (κ3) is 4.92. The molecule has 3 atom stereocenters. The minimum atomic E-state index is 0.244. The van der Waals surface area contributed by atoms with Crippen molar-refractivity contribution in [3.05, 3.63) is 60.2 Å². The van der Waals surface area contributed by atoms with Crippen LogP contribution < -0.4 is 10.6 Å². The molecule has 4 nitrogen and oxygen atoms in total. The van der Waals surface area contributed by atoms with Gasteiger partial charge in [-0.05, 0) is 45.0 Å². The van der Waals surface area contributed by atoms with Crippen molar-refractivity contribution in [3.8, 4) is 0 Å². The Balaban J connectivity index is 1.78. The zero-order valence-electron chi connectivity index (χ0n) is 13.0. The van der Waals surface area contributed by atoms with Crippen LogP contribution in [-0.2, 0) is 0 Å². The van der Waals surface area contributed by atoms with Crippen molar-refractivity contribution in [3.63, 3.8) is 0 Å². The van der Waals surface area contributed by atoms with E-state index in [9.17, 15) is 0 Å². The van der Waals surface area contributed by atoms with Crippen molar-refractivity contribution in [2.75, 3.05) is 6.54 Å². The molecule has 112 valence electrons. The maximum Gasteiger partial charge on any atom is 0.0570 e. The van der Waals surface area contributed by atoms with Gasteiger partial charge in [-0.15, -0.1) is 0 Å². The Morgan fingerprint density at radius 2 is 1.43 bits per heavy atom. The zero-order chi connectivity index (χ0) is 15.1. The fourth-order valence-electron chi connectivity index (χ4n) is 2.29. The van der Waals surface area contributed by atoms with Crippen LogP contribution in [-0.4, -0.2) is 22.6 Å². The lowest BCUT2D eigenvalue weighted by Gasteiger charge is -2.22. The summed E-state index contributed by atoms with van der Waals surface area (Å²) in [6.07, 6.45) is 3.66. The van der Waals surface area contributed by atoms with Gasteiger partial charge in [-0.25, -0.2) is 0 Å². The van der Waals surface area contributed by atoms with E-state index in [0.717, 1.165) is 17.9 Å². The van der Waals surface area contributed by atoms with Crippen molar-refractivity contribution >= 4 is 0 Å². The molecule has 4 heteroatoms. The largest absolute Gasteiger partial charge is 0.307 e. The molecule has 0 radical (unpaired) electrons. The molecule has 0 amide bonds. The number of pyridine rings is 2. The zero-order valence-corrected chi connectivity index (χ0v) is 13.0. The molecule has 2 aromatic rings. The molecule has 0 aliphatic carbocycles. The fraction of sp³-hybridized carbons (Fsp3) is 0.412. The molecule has 0 aliphatic heterocycles. The molecule has 2 aromatic heterocycles. The van der Waals surface area contributed by atoms with E-state index in [0.29, 0.717) is 6.04 Å². The summed E-state index contributed by atoms with van der Waals surface area (Å²) in [4.78, 5) is 8.75. The van der Waals surface area contributed by atoms with Crippen LogP contribution in [0.5, 0.6) is 0 Å². The lowest BCUT2D eigenvalue weighted by Crippen LogP contribution is -2.38. The van der Waals surface area contributed by atoms with E-state index in [2.05, 4.69) is 41.4 Å². The van der Waals surface area contributed by atoms with E-state index in [4.69, 9.17) is 0 Å². The first kappa shape index (κ1) is 15.6. The third-order valence-corrected chi connectivity index (χ3v) is 3.53. The highest BCUT2D eigenvalue weighted by Crippen LogP contribution is 2.10. The maximum absolute atomic E-state index is 4.38. The first-order chi connectivity index (χ1) is 10.2. The predicted molar refractivity (Wildman–Crippen MR) is 85.9 cm³/mol. The van der Waals surface area contributed by atoms with Crippen molar-refractivity contribution in [2.45, 2.75) is 38.9 Å². The summed E-state index contributed by atoms with van der Waals surface area (Å²) in [6.45, 7) is 7.34. The Kier molecular flexibility index (Phi) is 5.84. The van der Waals surface area contributed by atoms with E-state index in [1.807, 2.05) is 48.8 Å². The maximum atomic E-state index is 4.38. The lowest BCUT2D eigenvalue weighted by atomic mass is 10.1. The Bertz CT molecular complexity index is 515. The minimum Gasteiger partial charge on any atom is -0.307 e. The molecule has 0 bridgehead atoms. The molecule has 0 aliphatic rings. The second kappa shape index (κ2) is 7.86. The molecule has 0 saturated carbocycles. The molecule has 0 aromatic carbocycles. The van der Waals surface area contributed by atoms with Crippen LogP contribution in [0, 0.1) is 0 Å². The van der Waals surface area contributed by atoms with Crippen LogP contribution in [0.3, 0.4) is 0 Å². The molecular formula is C17H24N4. The SMILES string of the molecule is C[C@H](CN[C@@H](C)c1ccccn1)N[C@@H](C)c1ccccn1. The number of nitrogens with zero attached hydrogens (tertiary/aromatic N) is 2. The van der Waals surface area contributed by atoms with Gasteiger partial charge in [-0.3, -0.25) is 9.97 Å². The van der Waals surface area contributed by atoms with Crippen LogP contribution in [0.4, 0.5) is 0 Å². The molecule has 0 saturated heterocycles. The van der Waals surface area contributed by atoms with Gasteiger partial charge in [0.05, 0.1) is 11.4 Å². The summed E-state index contributed by atoms with van der Waals surface area (Å²) in [7, 11) is 0. The van der Waals surface area contributed by atoms with E-state index in [1.54, 1.807) is 0 Å². The molecular weight excluding hydrogens is 260 g/mol. The van der Waals surface area contributed by atoms with Crippen LogP contribution in [0.2, 0.25) is 0 Å². The Morgan fingerprint density at radius 1 is 0.857 bits per heavy atom. The summed E-state index contributed by atoms with van der Waals surface area (Å²) in [5.41, 5.74) is 2.14. The summed E-state index contributed by atoms with van der Waals surface area (Å²) in [5.74, 6) is 0. The summed E-state index contributed by atoms with van der Waals surface area (Å²) < 4.78 is 0. The third-order valence-electron chi connectivity index (χ3n) is 3.53. The first-order valence-corrected chi connectivity index (χ1v) is 7.48. The quantitative estimate of drug-likeness (QED) is 0.821. The topological polar surface area (TPSA) is 49.8 Å².